The molecule has 0 fully saturated rings. The number of benzene rings is 2. The van der Waals surface area contributed by atoms with Crippen LogP contribution in [0.1, 0.15) is 15.9 Å². The van der Waals surface area contributed by atoms with Crippen molar-refractivity contribution in [2.45, 2.75) is 6.54 Å². The quantitative estimate of drug-likeness (QED) is 0.760. The molecule has 0 saturated heterocycles. The normalized spacial score (nSPS) is 9.64. The third-order valence-electron chi connectivity index (χ3n) is 2.79. The van der Waals surface area contributed by atoms with E-state index in [-0.39, 0.29) is 5.11 Å². The molecule has 0 radical (unpaired) electrons. The van der Waals surface area contributed by atoms with Gasteiger partial charge >= 0.3 is 6.03 Å². The van der Waals surface area contributed by atoms with Crippen molar-refractivity contribution in [3.8, 4) is 0 Å². The molecule has 2 aromatic rings. The fourth-order valence-corrected chi connectivity index (χ4v) is 1.89. The van der Waals surface area contributed by atoms with Gasteiger partial charge in [0.2, 0.25) is 0 Å². The van der Waals surface area contributed by atoms with Gasteiger partial charge in [0, 0.05) is 12.1 Å². The van der Waals surface area contributed by atoms with E-state index in [2.05, 4.69) is 16.0 Å². The van der Waals surface area contributed by atoms with Crippen molar-refractivity contribution in [2.24, 2.45) is 0 Å². The molecule has 3 amide bonds. The first-order valence-electron chi connectivity index (χ1n) is 6.64. The van der Waals surface area contributed by atoms with Gasteiger partial charge in [0.05, 0.1) is 0 Å². The van der Waals surface area contributed by atoms with Crippen molar-refractivity contribution in [3.05, 3.63) is 71.8 Å². The molecule has 0 aliphatic rings. The van der Waals surface area contributed by atoms with E-state index in [1.165, 1.54) is 0 Å². The van der Waals surface area contributed by atoms with Crippen molar-refractivity contribution in [2.75, 3.05) is 0 Å². The van der Waals surface area contributed by atoms with Gasteiger partial charge in [0.25, 0.3) is 5.91 Å². The SMILES string of the molecule is O=C(NC(=O)c1ccccc1)NC(=S)NCc1ccccc1. The molecule has 6 heteroatoms. The first-order chi connectivity index (χ1) is 10.6. The average Bonchev–Trinajstić information content (AvgIpc) is 2.54. The van der Waals surface area contributed by atoms with E-state index in [0.29, 0.717) is 12.1 Å². The minimum Gasteiger partial charge on any atom is -0.358 e. The smallest absolute Gasteiger partial charge is 0.327 e. The molecule has 2 rings (SSSR count). The summed E-state index contributed by atoms with van der Waals surface area (Å²) in [6.45, 7) is 0.493. The molecule has 22 heavy (non-hydrogen) atoms. The predicted molar refractivity (Wildman–Crippen MR) is 88.3 cm³/mol. The Kier molecular flexibility index (Phi) is 5.62. The maximum atomic E-state index is 11.8. The lowest BCUT2D eigenvalue weighted by molar-refractivity contribution is 0.0965. The van der Waals surface area contributed by atoms with Crippen molar-refractivity contribution in [1.29, 1.82) is 0 Å². The zero-order chi connectivity index (χ0) is 15.8. The van der Waals surface area contributed by atoms with Crippen LogP contribution in [-0.4, -0.2) is 17.1 Å². The highest BCUT2D eigenvalue weighted by molar-refractivity contribution is 7.80. The predicted octanol–water partition coefficient (Wildman–Crippen LogP) is 2.20. The number of urea groups is 1. The van der Waals surface area contributed by atoms with Gasteiger partial charge in [-0.3, -0.25) is 15.4 Å². The number of imide groups is 1. The van der Waals surface area contributed by atoms with Crippen LogP contribution in [0.4, 0.5) is 4.79 Å². The summed E-state index contributed by atoms with van der Waals surface area (Å²) in [7, 11) is 0. The summed E-state index contributed by atoms with van der Waals surface area (Å²) in [4.78, 5) is 23.5. The van der Waals surface area contributed by atoms with Gasteiger partial charge in [-0.1, -0.05) is 48.5 Å². The Morgan fingerprint density at radius 3 is 2.09 bits per heavy atom. The standard InChI is InChI=1S/C16H15N3O2S/c20-14(13-9-5-2-6-10-13)18-15(21)19-16(22)17-11-12-7-3-1-4-8-12/h1-10H,11H2,(H3,17,18,19,20,21,22). The highest BCUT2D eigenvalue weighted by atomic mass is 32.1. The second-order valence-electron chi connectivity index (χ2n) is 4.44. The van der Waals surface area contributed by atoms with Crippen LogP contribution in [0.15, 0.2) is 60.7 Å². The van der Waals surface area contributed by atoms with E-state index in [9.17, 15) is 9.59 Å². The second-order valence-corrected chi connectivity index (χ2v) is 4.85. The van der Waals surface area contributed by atoms with E-state index in [1.54, 1.807) is 30.3 Å². The maximum absolute atomic E-state index is 11.8. The van der Waals surface area contributed by atoms with Crippen LogP contribution in [-0.2, 0) is 6.54 Å². The van der Waals surface area contributed by atoms with E-state index < -0.39 is 11.9 Å². The first-order valence-corrected chi connectivity index (χ1v) is 7.05. The summed E-state index contributed by atoms with van der Waals surface area (Å²) in [6.07, 6.45) is 0. The average molecular weight is 313 g/mol. The van der Waals surface area contributed by atoms with Crippen LogP contribution < -0.4 is 16.0 Å². The fraction of sp³-hybridized carbons (Fsp3) is 0.0625. The third-order valence-corrected chi connectivity index (χ3v) is 3.03. The molecular weight excluding hydrogens is 298 g/mol. The Balaban J connectivity index is 1.77. The summed E-state index contributed by atoms with van der Waals surface area (Å²) in [5.74, 6) is -0.482. The molecule has 0 saturated carbocycles. The minimum atomic E-state index is -0.667. The largest absolute Gasteiger partial charge is 0.358 e. The van der Waals surface area contributed by atoms with Gasteiger partial charge in [0.1, 0.15) is 0 Å². The lowest BCUT2D eigenvalue weighted by Crippen LogP contribution is -2.46. The van der Waals surface area contributed by atoms with Gasteiger partial charge in [-0.2, -0.15) is 0 Å². The van der Waals surface area contributed by atoms with Crippen LogP contribution in [0.2, 0.25) is 0 Å². The molecular formula is C16H15N3O2S. The van der Waals surface area contributed by atoms with E-state index in [4.69, 9.17) is 12.2 Å². The number of amides is 3. The highest BCUT2D eigenvalue weighted by Crippen LogP contribution is 1.98. The Hall–Kier alpha value is -2.73. The maximum Gasteiger partial charge on any atom is 0.327 e. The van der Waals surface area contributed by atoms with Gasteiger partial charge in [-0.15, -0.1) is 0 Å². The summed E-state index contributed by atoms with van der Waals surface area (Å²) in [6, 6.07) is 17.4. The Bertz CT molecular complexity index is 660. The minimum absolute atomic E-state index is 0.155. The molecule has 2 aromatic carbocycles. The van der Waals surface area contributed by atoms with Crippen LogP contribution in [0.3, 0.4) is 0 Å². The second kappa shape index (κ2) is 7.90. The molecule has 0 aromatic heterocycles. The Morgan fingerprint density at radius 2 is 1.45 bits per heavy atom. The van der Waals surface area contributed by atoms with Crippen molar-refractivity contribution >= 4 is 29.3 Å². The van der Waals surface area contributed by atoms with Crippen LogP contribution >= 0.6 is 12.2 Å². The number of thiocarbonyl (C=S) groups is 1. The summed E-state index contributed by atoms with van der Waals surface area (Å²) in [5.41, 5.74) is 1.44. The molecule has 0 heterocycles. The molecule has 5 nitrogen and oxygen atoms in total. The molecule has 0 spiro atoms. The summed E-state index contributed by atoms with van der Waals surface area (Å²) >= 11 is 5.00. The van der Waals surface area contributed by atoms with Crippen molar-refractivity contribution < 1.29 is 9.59 Å². The number of carbonyl (C=O) groups is 2. The van der Waals surface area contributed by atoms with Crippen molar-refractivity contribution in [3.63, 3.8) is 0 Å². The zero-order valence-electron chi connectivity index (χ0n) is 11.7. The topological polar surface area (TPSA) is 70.2 Å². The Labute approximate surface area is 133 Å². The van der Waals surface area contributed by atoms with E-state index in [1.807, 2.05) is 30.3 Å². The number of rotatable bonds is 3. The van der Waals surface area contributed by atoms with Crippen LogP contribution in [0.5, 0.6) is 0 Å². The Morgan fingerprint density at radius 1 is 0.864 bits per heavy atom. The first kappa shape index (κ1) is 15.7. The summed E-state index contributed by atoms with van der Waals surface area (Å²) in [5, 5.41) is 7.65. The number of hydrogen-bond acceptors (Lipinski definition) is 3. The van der Waals surface area contributed by atoms with Gasteiger partial charge in [-0.05, 0) is 29.9 Å². The molecule has 0 aliphatic heterocycles. The monoisotopic (exact) mass is 313 g/mol. The summed E-state index contributed by atoms with van der Waals surface area (Å²) < 4.78 is 0. The molecule has 0 unspecified atom stereocenters. The van der Waals surface area contributed by atoms with E-state index in [0.717, 1.165) is 5.56 Å². The molecule has 0 bridgehead atoms. The number of hydrogen-bond donors (Lipinski definition) is 3. The number of nitrogens with one attached hydrogen (secondary N) is 3. The van der Waals surface area contributed by atoms with Gasteiger partial charge in [0.15, 0.2) is 5.11 Å². The van der Waals surface area contributed by atoms with E-state index >= 15 is 0 Å². The van der Waals surface area contributed by atoms with Crippen molar-refractivity contribution in [1.82, 2.24) is 16.0 Å². The van der Waals surface area contributed by atoms with Gasteiger partial charge < -0.3 is 5.32 Å². The molecule has 0 atom stereocenters. The van der Waals surface area contributed by atoms with Crippen LogP contribution in [0, 0.1) is 0 Å². The van der Waals surface area contributed by atoms with Crippen LogP contribution in [0.25, 0.3) is 0 Å². The fourth-order valence-electron chi connectivity index (χ4n) is 1.72. The highest BCUT2D eigenvalue weighted by Gasteiger charge is 2.10. The number of carbonyl (C=O) groups excluding carboxylic acids is 2. The lowest BCUT2D eigenvalue weighted by atomic mass is 10.2. The van der Waals surface area contributed by atoms with Gasteiger partial charge in [-0.25, -0.2) is 4.79 Å². The third kappa shape index (κ3) is 4.99. The molecule has 112 valence electrons. The molecule has 0 aliphatic carbocycles. The zero-order valence-corrected chi connectivity index (χ0v) is 12.5. The molecule has 3 N–H and O–H groups in total. The lowest BCUT2D eigenvalue weighted by Gasteiger charge is -2.10.